The normalized spacial score (nSPS) is 24.3. The first kappa shape index (κ1) is 21.1. The molecule has 2 saturated heterocycles. The van der Waals surface area contributed by atoms with Gasteiger partial charge in [0.25, 0.3) is 0 Å². The highest BCUT2D eigenvalue weighted by Crippen LogP contribution is 2.36. The van der Waals surface area contributed by atoms with Gasteiger partial charge in [0, 0.05) is 18.2 Å². The van der Waals surface area contributed by atoms with E-state index in [9.17, 15) is 4.79 Å². The largest absolute Gasteiger partial charge is 0.496 e. The van der Waals surface area contributed by atoms with Gasteiger partial charge in [0.05, 0.1) is 29.6 Å². The predicted molar refractivity (Wildman–Crippen MR) is 108 cm³/mol. The fourth-order valence-corrected chi connectivity index (χ4v) is 3.16. The molecule has 1 amide bonds. The molecule has 2 aliphatic heterocycles. The van der Waals surface area contributed by atoms with Gasteiger partial charge in [-0.3, -0.25) is 15.2 Å². The zero-order valence-electron chi connectivity index (χ0n) is 18.0. The van der Waals surface area contributed by atoms with Crippen molar-refractivity contribution < 1.29 is 18.8 Å². The predicted octanol–water partition coefficient (Wildman–Crippen LogP) is 2.61. The van der Waals surface area contributed by atoms with Crippen LogP contribution in [0.1, 0.15) is 66.6 Å². The topological polar surface area (TPSA) is 72.9 Å². The molecule has 1 atom stereocenters. The number of hydrogen-bond donors (Lipinski definition) is 1. The SMILES string of the molecule is CC(C)(C)OC(=O)N1CCC(c2ccc(B3OC(C)(C)C(C)(C)O3)cn2)NC1. The molecule has 0 aromatic carbocycles. The molecule has 0 bridgehead atoms. The van der Waals surface area contributed by atoms with Gasteiger partial charge < -0.3 is 14.0 Å². The van der Waals surface area contributed by atoms with Gasteiger partial charge in [-0.25, -0.2) is 4.79 Å². The minimum absolute atomic E-state index is 0.103. The molecule has 3 heterocycles. The van der Waals surface area contributed by atoms with Crippen LogP contribution in [-0.2, 0) is 14.0 Å². The average Bonchev–Trinajstić information content (AvgIpc) is 2.81. The fraction of sp³-hybridized carbons (Fsp3) is 0.700. The van der Waals surface area contributed by atoms with Crippen molar-refractivity contribution in [3.8, 4) is 0 Å². The van der Waals surface area contributed by atoms with Gasteiger partial charge in [-0.2, -0.15) is 0 Å². The number of nitrogens with one attached hydrogen (secondary N) is 1. The minimum Gasteiger partial charge on any atom is -0.444 e. The lowest BCUT2D eigenvalue weighted by Gasteiger charge is -2.34. The van der Waals surface area contributed by atoms with Crippen molar-refractivity contribution in [3.05, 3.63) is 24.0 Å². The molecule has 1 N–H and O–H groups in total. The highest BCUT2D eigenvalue weighted by molar-refractivity contribution is 6.62. The molecule has 7 nitrogen and oxygen atoms in total. The Balaban J connectivity index is 1.58. The third-order valence-corrected chi connectivity index (χ3v) is 5.56. The average molecular weight is 389 g/mol. The number of ether oxygens (including phenoxy) is 1. The number of nitrogens with zero attached hydrogens (tertiary/aromatic N) is 2. The Hall–Kier alpha value is -1.64. The molecule has 0 spiro atoms. The van der Waals surface area contributed by atoms with Gasteiger partial charge in [-0.15, -0.1) is 0 Å². The van der Waals surface area contributed by atoms with E-state index in [0.717, 1.165) is 17.6 Å². The summed E-state index contributed by atoms with van der Waals surface area (Å²) in [6.07, 6.45) is 2.31. The van der Waals surface area contributed by atoms with Crippen molar-refractivity contribution in [2.45, 2.75) is 77.7 Å². The number of rotatable bonds is 2. The molecule has 0 radical (unpaired) electrons. The lowest BCUT2D eigenvalue weighted by atomic mass is 9.80. The summed E-state index contributed by atoms with van der Waals surface area (Å²) in [5.74, 6) is 0. The number of pyridine rings is 1. The first-order chi connectivity index (χ1) is 12.9. The summed E-state index contributed by atoms with van der Waals surface area (Å²) in [6.45, 7) is 14.8. The summed E-state index contributed by atoms with van der Waals surface area (Å²) < 4.78 is 17.6. The molecule has 0 aliphatic carbocycles. The van der Waals surface area contributed by atoms with E-state index in [0.29, 0.717) is 13.2 Å². The van der Waals surface area contributed by atoms with Gasteiger partial charge in [-0.05, 0) is 61.0 Å². The standard InChI is InChI=1S/C20H32BN3O4/c1-18(2,3)26-17(25)24-11-10-16(23-13-24)15-9-8-14(12-22-15)21-27-19(4,5)20(6,7)28-21/h8-9,12,16,23H,10-11,13H2,1-7H3. The first-order valence-electron chi connectivity index (χ1n) is 9.91. The molecule has 2 fully saturated rings. The molecule has 2 aliphatic rings. The Kier molecular flexibility index (Phi) is 5.51. The second-order valence-electron chi connectivity index (χ2n) is 9.55. The maximum atomic E-state index is 12.2. The van der Waals surface area contributed by atoms with Crippen LogP contribution in [0, 0.1) is 0 Å². The van der Waals surface area contributed by atoms with E-state index in [1.165, 1.54) is 0 Å². The summed E-state index contributed by atoms with van der Waals surface area (Å²) in [6, 6.07) is 4.11. The van der Waals surface area contributed by atoms with Crippen molar-refractivity contribution in [1.29, 1.82) is 0 Å². The number of amides is 1. The summed E-state index contributed by atoms with van der Waals surface area (Å²) in [5.41, 5.74) is 0.634. The highest BCUT2D eigenvalue weighted by atomic mass is 16.7. The Labute approximate surface area is 168 Å². The molecule has 1 unspecified atom stereocenters. The van der Waals surface area contributed by atoms with Crippen LogP contribution >= 0.6 is 0 Å². The Bertz CT molecular complexity index is 691. The van der Waals surface area contributed by atoms with Crippen molar-refractivity contribution in [2.24, 2.45) is 0 Å². The number of hydrogen-bond acceptors (Lipinski definition) is 6. The number of aromatic nitrogens is 1. The van der Waals surface area contributed by atoms with Gasteiger partial charge in [0.1, 0.15) is 5.60 Å². The second-order valence-corrected chi connectivity index (χ2v) is 9.55. The van der Waals surface area contributed by atoms with Gasteiger partial charge in [-0.1, -0.05) is 6.07 Å². The third-order valence-electron chi connectivity index (χ3n) is 5.56. The maximum Gasteiger partial charge on any atom is 0.496 e. The molecule has 3 rings (SSSR count). The van der Waals surface area contributed by atoms with E-state index >= 15 is 0 Å². The number of carbonyl (C=O) groups is 1. The van der Waals surface area contributed by atoms with E-state index < -0.39 is 12.7 Å². The summed E-state index contributed by atoms with van der Waals surface area (Å²) in [7, 11) is -0.409. The quantitative estimate of drug-likeness (QED) is 0.784. The smallest absolute Gasteiger partial charge is 0.444 e. The summed E-state index contributed by atoms with van der Waals surface area (Å²) in [5, 5.41) is 3.37. The summed E-state index contributed by atoms with van der Waals surface area (Å²) >= 11 is 0. The van der Waals surface area contributed by atoms with Crippen molar-refractivity contribution in [2.75, 3.05) is 13.2 Å². The number of carbonyl (C=O) groups excluding carboxylic acids is 1. The lowest BCUT2D eigenvalue weighted by molar-refractivity contribution is 0.00578. The molecular weight excluding hydrogens is 357 g/mol. The van der Waals surface area contributed by atoms with Crippen LogP contribution in [0.25, 0.3) is 0 Å². The van der Waals surface area contributed by atoms with Crippen LogP contribution in [-0.4, -0.2) is 53.1 Å². The third kappa shape index (κ3) is 4.50. The van der Waals surface area contributed by atoms with Crippen LogP contribution in [0.5, 0.6) is 0 Å². The first-order valence-corrected chi connectivity index (χ1v) is 9.91. The molecule has 154 valence electrons. The van der Waals surface area contributed by atoms with E-state index in [4.69, 9.17) is 14.0 Å². The fourth-order valence-electron chi connectivity index (χ4n) is 3.16. The van der Waals surface area contributed by atoms with Crippen molar-refractivity contribution >= 4 is 18.7 Å². The summed E-state index contributed by atoms with van der Waals surface area (Å²) in [4.78, 5) is 18.5. The molecule has 0 saturated carbocycles. The Morgan fingerprint density at radius 1 is 1.25 bits per heavy atom. The van der Waals surface area contributed by atoms with Crippen molar-refractivity contribution in [3.63, 3.8) is 0 Å². The molecule has 28 heavy (non-hydrogen) atoms. The molecular formula is C20H32BN3O4. The van der Waals surface area contributed by atoms with Crippen LogP contribution in [0.15, 0.2) is 18.3 Å². The van der Waals surface area contributed by atoms with Crippen molar-refractivity contribution in [1.82, 2.24) is 15.2 Å². The zero-order chi connectivity index (χ0) is 20.7. The van der Waals surface area contributed by atoms with Crippen LogP contribution in [0.3, 0.4) is 0 Å². The monoisotopic (exact) mass is 389 g/mol. The van der Waals surface area contributed by atoms with Gasteiger partial charge in [0.2, 0.25) is 0 Å². The van der Waals surface area contributed by atoms with Gasteiger partial charge >= 0.3 is 13.2 Å². The van der Waals surface area contributed by atoms with Crippen LogP contribution < -0.4 is 10.8 Å². The molecule has 8 heteroatoms. The van der Waals surface area contributed by atoms with E-state index in [1.807, 2.05) is 66.8 Å². The van der Waals surface area contributed by atoms with E-state index in [1.54, 1.807) is 4.90 Å². The maximum absolute atomic E-state index is 12.2. The Morgan fingerprint density at radius 2 is 1.89 bits per heavy atom. The Morgan fingerprint density at radius 3 is 2.36 bits per heavy atom. The second kappa shape index (κ2) is 7.32. The minimum atomic E-state index is -0.487. The molecule has 1 aromatic rings. The molecule has 1 aromatic heterocycles. The lowest BCUT2D eigenvalue weighted by Crippen LogP contribution is -2.48. The van der Waals surface area contributed by atoms with Crippen LogP contribution in [0.2, 0.25) is 0 Å². The van der Waals surface area contributed by atoms with Gasteiger partial charge in [0.15, 0.2) is 0 Å². The zero-order valence-corrected chi connectivity index (χ0v) is 18.0. The van der Waals surface area contributed by atoms with E-state index in [2.05, 4.69) is 10.3 Å². The van der Waals surface area contributed by atoms with Crippen LogP contribution in [0.4, 0.5) is 4.79 Å². The van der Waals surface area contributed by atoms with E-state index in [-0.39, 0.29) is 23.3 Å². The highest BCUT2D eigenvalue weighted by Gasteiger charge is 2.51.